The minimum Gasteiger partial charge on any atom is -0.479 e. The minimum atomic E-state index is -5.08. The number of thiophene rings is 1. The Morgan fingerprint density at radius 1 is 0.824 bits per heavy atom. The number of aliphatic carboxylic acids is 2. The lowest BCUT2D eigenvalue weighted by Crippen LogP contribution is -2.33. The fraction of sp³-hybridized carbons (Fsp3) is 0.200. The molecule has 1 aromatic heterocycles. The molecule has 12 nitrogen and oxygen atoms in total. The zero-order valence-electron chi connectivity index (χ0n) is 26.6. The number of carboxylic acid groups (broad SMARTS) is 2. The molecule has 51 heavy (non-hydrogen) atoms. The van der Waals surface area contributed by atoms with Gasteiger partial charge in [-0.05, 0) is 66.6 Å². The Labute approximate surface area is 292 Å². The number of carbonyl (C=O) groups is 6. The van der Waals surface area contributed by atoms with Crippen LogP contribution in [0.3, 0.4) is 0 Å². The van der Waals surface area contributed by atoms with Crippen LogP contribution in [0, 0.1) is 0 Å². The Bertz CT molecular complexity index is 1880. The van der Waals surface area contributed by atoms with E-state index in [2.05, 4.69) is 5.32 Å². The number of primary amides is 1. The number of aryl methyl sites for hydroxylation is 1. The van der Waals surface area contributed by atoms with Gasteiger partial charge in [0.2, 0.25) is 0 Å². The molecular formula is C35H32F3N3O9S. The Morgan fingerprint density at radius 2 is 1.39 bits per heavy atom. The topological polar surface area (TPSA) is 216 Å². The van der Waals surface area contributed by atoms with E-state index in [0.717, 1.165) is 35.3 Å². The highest BCUT2D eigenvalue weighted by molar-refractivity contribution is 7.14. The van der Waals surface area contributed by atoms with Crippen molar-refractivity contribution in [3.05, 3.63) is 128 Å². The first-order chi connectivity index (χ1) is 24.1. The van der Waals surface area contributed by atoms with Crippen molar-refractivity contribution in [1.82, 2.24) is 5.32 Å². The van der Waals surface area contributed by atoms with Gasteiger partial charge in [0.25, 0.3) is 11.8 Å². The fourth-order valence-corrected chi connectivity index (χ4v) is 5.94. The second-order valence-corrected chi connectivity index (χ2v) is 11.8. The second-order valence-electron chi connectivity index (χ2n) is 10.7. The van der Waals surface area contributed by atoms with Crippen LogP contribution >= 0.6 is 11.3 Å². The summed E-state index contributed by atoms with van der Waals surface area (Å²) in [5.41, 5.74) is 13.9. The van der Waals surface area contributed by atoms with Crippen molar-refractivity contribution in [3.8, 4) is 0 Å². The van der Waals surface area contributed by atoms with Crippen molar-refractivity contribution in [2.24, 2.45) is 11.5 Å². The van der Waals surface area contributed by atoms with E-state index in [4.69, 9.17) is 26.1 Å². The Kier molecular flexibility index (Phi) is 14.1. The van der Waals surface area contributed by atoms with Gasteiger partial charge in [-0.15, -0.1) is 11.3 Å². The molecule has 1 aliphatic rings. The van der Waals surface area contributed by atoms with Gasteiger partial charge in [-0.25, -0.2) is 19.2 Å². The normalized spacial score (nSPS) is 12.3. The highest BCUT2D eigenvalue weighted by Gasteiger charge is 2.38. The quantitative estimate of drug-likeness (QED) is 0.120. The molecule has 1 aliphatic carbocycles. The van der Waals surface area contributed by atoms with E-state index in [1.54, 1.807) is 78.9 Å². The molecule has 0 unspecified atom stereocenters. The first kappa shape index (κ1) is 39.6. The third-order valence-corrected chi connectivity index (χ3v) is 8.42. The summed E-state index contributed by atoms with van der Waals surface area (Å²) in [6.45, 7) is 0.322. The number of nitrogens with one attached hydrogen (secondary N) is 1. The number of esters is 2. The first-order valence-electron chi connectivity index (χ1n) is 15.1. The van der Waals surface area contributed by atoms with Crippen LogP contribution < -0.4 is 16.8 Å². The van der Waals surface area contributed by atoms with E-state index in [0.29, 0.717) is 24.1 Å². The number of hydrogen-bond acceptors (Lipinski definition) is 9. The summed E-state index contributed by atoms with van der Waals surface area (Å²) < 4.78 is 36.7. The molecule has 0 spiro atoms. The van der Waals surface area contributed by atoms with Crippen LogP contribution in [0.25, 0.3) is 0 Å². The minimum absolute atomic E-state index is 0.168. The van der Waals surface area contributed by atoms with Gasteiger partial charge < -0.3 is 31.7 Å². The van der Waals surface area contributed by atoms with Crippen LogP contribution in [-0.4, -0.2) is 52.1 Å². The van der Waals surface area contributed by atoms with E-state index in [-0.39, 0.29) is 16.0 Å². The van der Waals surface area contributed by atoms with Gasteiger partial charge >= 0.3 is 30.1 Å². The molecule has 0 saturated heterocycles. The maximum atomic E-state index is 12.4. The summed E-state index contributed by atoms with van der Waals surface area (Å²) in [4.78, 5) is 69.7. The molecule has 3 aromatic carbocycles. The van der Waals surface area contributed by atoms with Gasteiger partial charge in [0.15, 0.2) is 6.04 Å². The van der Waals surface area contributed by atoms with Crippen molar-refractivity contribution in [3.63, 3.8) is 0 Å². The van der Waals surface area contributed by atoms with Gasteiger partial charge in [0.1, 0.15) is 4.88 Å². The van der Waals surface area contributed by atoms with Crippen LogP contribution in [0.2, 0.25) is 0 Å². The number of alkyl halides is 3. The van der Waals surface area contributed by atoms with Gasteiger partial charge in [0, 0.05) is 17.0 Å². The monoisotopic (exact) mass is 727 g/mol. The lowest BCUT2D eigenvalue weighted by Gasteiger charge is -2.15. The molecule has 0 radical (unpaired) electrons. The Hall–Kier alpha value is -5.87. The van der Waals surface area contributed by atoms with Crippen molar-refractivity contribution in [2.75, 3.05) is 0 Å². The standard InChI is InChI=1S/C17H15NO4S.C16H16N2O3.C2HF3O2/c18-15(19)14-13(11-8-4-5-9-12(11)23-14)17(21)22-16(20)10-6-2-1-3-7-10;17-10-11-5-4-8-13(9-11)15(19)18-14(16(20)21)12-6-2-1-3-7-12;3-2(4,5)1(6)7/h1-3,6-7H,4-5,8-9H2,(H2,18,19);1-9,14H,10,17H2,(H,18,19)(H,20,21);(H,6,7)/t;14-;/m.1./s1. The molecule has 7 N–H and O–H groups in total. The second kappa shape index (κ2) is 18.2. The van der Waals surface area contributed by atoms with Gasteiger partial charge in [-0.2, -0.15) is 13.2 Å². The van der Waals surface area contributed by atoms with Crippen molar-refractivity contribution >= 4 is 47.0 Å². The van der Waals surface area contributed by atoms with E-state index >= 15 is 0 Å². The van der Waals surface area contributed by atoms with Crippen LogP contribution in [0.4, 0.5) is 13.2 Å². The summed E-state index contributed by atoms with van der Waals surface area (Å²) in [5.74, 6) is -6.50. The fourth-order valence-electron chi connectivity index (χ4n) is 4.71. The van der Waals surface area contributed by atoms with Gasteiger partial charge in [-0.3, -0.25) is 9.59 Å². The smallest absolute Gasteiger partial charge is 0.479 e. The van der Waals surface area contributed by atoms with Crippen LogP contribution in [0.5, 0.6) is 0 Å². The highest BCUT2D eigenvalue weighted by atomic mass is 32.1. The van der Waals surface area contributed by atoms with E-state index in [1.807, 2.05) is 6.07 Å². The largest absolute Gasteiger partial charge is 0.490 e. The average Bonchev–Trinajstić information content (AvgIpc) is 3.52. The summed E-state index contributed by atoms with van der Waals surface area (Å²) >= 11 is 1.23. The molecule has 1 atom stereocenters. The number of carboxylic acids is 2. The summed E-state index contributed by atoms with van der Waals surface area (Å²) in [7, 11) is 0. The van der Waals surface area contributed by atoms with Crippen LogP contribution in [0.15, 0.2) is 84.9 Å². The third-order valence-electron chi connectivity index (χ3n) is 7.12. The van der Waals surface area contributed by atoms with E-state index in [9.17, 15) is 42.3 Å². The molecular weight excluding hydrogens is 695 g/mol. The number of fused-ring (bicyclic) bond motifs is 1. The number of amides is 2. The number of carbonyl (C=O) groups excluding carboxylic acids is 4. The SMILES string of the molecule is NC(=O)c1sc2c(c1C(=O)OC(=O)c1ccccc1)CCCC2.NCc1cccc(C(=O)N[C@@H](C(=O)O)c2ccccc2)c1.O=C(O)C(F)(F)F. The van der Waals surface area contributed by atoms with Crippen LogP contribution in [-0.2, 0) is 33.7 Å². The summed E-state index contributed by atoms with van der Waals surface area (Å²) in [5, 5.41) is 18.9. The van der Waals surface area contributed by atoms with Crippen LogP contribution in [0.1, 0.15) is 81.2 Å². The van der Waals surface area contributed by atoms with Gasteiger partial charge in [-0.1, -0.05) is 60.7 Å². The highest BCUT2D eigenvalue weighted by Crippen LogP contribution is 2.35. The number of rotatable bonds is 8. The first-order valence-corrected chi connectivity index (χ1v) is 15.9. The zero-order chi connectivity index (χ0) is 37.7. The molecule has 0 aliphatic heterocycles. The molecule has 1 heterocycles. The molecule has 16 heteroatoms. The Balaban J connectivity index is 0.000000234. The zero-order valence-corrected chi connectivity index (χ0v) is 27.5. The number of benzene rings is 3. The molecule has 4 aromatic rings. The number of hydrogen-bond donors (Lipinski definition) is 5. The molecule has 268 valence electrons. The predicted octanol–water partition coefficient (Wildman–Crippen LogP) is 5.06. The molecule has 5 rings (SSSR count). The van der Waals surface area contributed by atoms with Crippen molar-refractivity contribution in [2.45, 2.75) is 44.4 Å². The maximum absolute atomic E-state index is 12.4. The number of ether oxygens (including phenoxy) is 1. The molecule has 2 amide bonds. The number of halogens is 3. The number of nitrogens with two attached hydrogens (primary N) is 2. The van der Waals surface area contributed by atoms with E-state index < -0.39 is 47.9 Å². The van der Waals surface area contributed by atoms with Gasteiger partial charge in [0.05, 0.1) is 11.1 Å². The predicted molar refractivity (Wildman–Crippen MR) is 178 cm³/mol. The molecule has 0 saturated carbocycles. The Morgan fingerprint density at radius 3 is 1.94 bits per heavy atom. The lowest BCUT2D eigenvalue weighted by atomic mass is 9.95. The lowest BCUT2D eigenvalue weighted by molar-refractivity contribution is -0.192. The van der Waals surface area contributed by atoms with E-state index in [1.165, 1.54) is 11.3 Å². The summed E-state index contributed by atoms with van der Waals surface area (Å²) in [6, 6.07) is 22.5. The summed E-state index contributed by atoms with van der Waals surface area (Å²) in [6.07, 6.45) is -1.61. The third kappa shape index (κ3) is 11.3. The average molecular weight is 728 g/mol. The van der Waals surface area contributed by atoms with Crippen molar-refractivity contribution in [1.29, 1.82) is 0 Å². The maximum Gasteiger partial charge on any atom is 0.490 e. The molecule has 0 bridgehead atoms. The van der Waals surface area contributed by atoms with Crippen molar-refractivity contribution < 1.29 is 56.9 Å². The molecule has 0 fully saturated rings.